The van der Waals surface area contributed by atoms with E-state index in [1.165, 1.54) is 43.0 Å². The highest BCUT2D eigenvalue weighted by Gasteiger charge is 2.36. The van der Waals surface area contributed by atoms with Crippen LogP contribution < -0.4 is 5.32 Å². The molecule has 4 rings (SSSR count). The van der Waals surface area contributed by atoms with E-state index < -0.39 is 17.8 Å². The second kappa shape index (κ2) is 8.15. The molecule has 0 radical (unpaired) electrons. The summed E-state index contributed by atoms with van der Waals surface area (Å²) in [6.45, 7) is 0. The van der Waals surface area contributed by atoms with Crippen molar-refractivity contribution in [2.75, 3.05) is 5.32 Å². The van der Waals surface area contributed by atoms with Gasteiger partial charge in [-0.15, -0.1) is 0 Å². The number of pyridine rings is 3. The summed E-state index contributed by atoms with van der Waals surface area (Å²) in [5, 5.41) is 6.64. The smallest absolute Gasteiger partial charge is 0.320 e. The van der Waals surface area contributed by atoms with Gasteiger partial charge in [0, 0.05) is 24.2 Å². The lowest BCUT2D eigenvalue weighted by atomic mass is 10.2. The average Bonchev–Trinajstić information content (AvgIpc) is 3.21. The molecule has 4 aromatic heterocycles. The molecule has 1 N–H and O–H groups in total. The van der Waals surface area contributed by atoms with Gasteiger partial charge in [-0.3, -0.25) is 9.78 Å². The molecule has 0 unspecified atom stereocenters. The number of carbonyl (C=O) groups is 1. The number of amides is 1. The van der Waals surface area contributed by atoms with Gasteiger partial charge in [0.2, 0.25) is 0 Å². The predicted octanol–water partition coefficient (Wildman–Crippen LogP) is 4.65. The van der Waals surface area contributed by atoms with Gasteiger partial charge in [-0.1, -0.05) is 11.6 Å². The van der Waals surface area contributed by atoms with Crippen molar-refractivity contribution in [2.45, 2.75) is 6.18 Å². The second-order valence-electron chi connectivity index (χ2n) is 6.27. The number of nitrogens with one attached hydrogen (secondary N) is 1. The van der Waals surface area contributed by atoms with E-state index >= 15 is 0 Å². The molecule has 4 heterocycles. The van der Waals surface area contributed by atoms with Crippen molar-refractivity contribution in [2.24, 2.45) is 0 Å². The zero-order valence-electron chi connectivity index (χ0n) is 15.5. The Bertz CT molecular complexity index is 1230. The SMILES string of the molecule is O=C(Nc1ccc(-n2nc(-c3cccnc3)cc2C(F)(F)F)nc1)c1cccnc1Cl. The zero-order chi connectivity index (χ0) is 22.0. The van der Waals surface area contributed by atoms with Crippen molar-refractivity contribution < 1.29 is 18.0 Å². The molecule has 7 nitrogen and oxygen atoms in total. The van der Waals surface area contributed by atoms with Gasteiger partial charge in [-0.25, -0.2) is 14.6 Å². The monoisotopic (exact) mass is 444 g/mol. The highest BCUT2D eigenvalue weighted by atomic mass is 35.5. The molecule has 0 atom stereocenters. The van der Waals surface area contributed by atoms with E-state index in [2.05, 4.69) is 25.4 Å². The second-order valence-corrected chi connectivity index (χ2v) is 6.63. The number of rotatable bonds is 4. The van der Waals surface area contributed by atoms with Crippen LogP contribution in [0.1, 0.15) is 16.1 Å². The van der Waals surface area contributed by atoms with Gasteiger partial charge in [0.1, 0.15) is 5.15 Å². The maximum atomic E-state index is 13.6. The topological polar surface area (TPSA) is 85.6 Å². The largest absolute Gasteiger partial charge is 0.433 e. The normalized spacial score (nSPS) is 11.4. The summed E-state index contributed by atoms with van der Waals surface area (Å²) in [6, 6.07) is 9.91. The third-order valence-corrected chi connectivity index (χ3v) is 4.48. The van der Waals surface area contributed by atoms with Gasteiger partial charge in [0.05, 0.1) is 23.1 Å². The van der Waals surface area contributed by atoms with Crippen molar-refractivity contribution in [1.82, 2.24) is 24.7 Å². The predicted molar refractivity (Wildman–Crippen MR) is 107 cm³/mol. The maximum absolute atomic E-state index is 13.6. The van der Waals surface area contributed by atoms with E-state index in [-0.39, 0.29) is 27.9 Å². The van der Waals surface area contributed by atoms with Crippen LogP contribution in [-0.4, -0.2) is 30.6 Å². The summed E-state index contributed by atoms with van der Waals surface area (Å²) < 4.78 is 41.4. The van der Waals surface area contributed by atoms with E-state index in [0.29, 0.717) is 10.2 Å². The van der Waals surface area contributed by atoms with Crippen LogP contribution in [0, 0.1) is 0 Å². The first-order valence-electron chi connectivity index (χ1n) is 8.79. The Labute approximate surface area is 178 Å². The molecule has 0 saturated heterocycles. The lowest BCUT2D eigenvalue weighted by molar-refractivity contribution is -0.142. The minimum Gasteiger partial charge on any atom is -0.320 e. The van der Waals surface area contributed by atoms with Gasteiger partial charge in [0.15, 0.2) is 11.5 Å². The molecule has 0 aliphatic carbocycles. The highest BCUT2D eigenvalue weighted by molar-refractivity contribution is 6.33. The first-order chi connectivity index (χ1) is 14.8. The third-order valence-electron chi connectivity index (χ3n) is 4.18. The number of nitrogens with zero attached hydrogens (tertiary/aromatic N) is 5. The van der Waals surface area contributed by atoms with Gasteiger partial charge in [0.25, 0.3) is 5.91 Å². The average molecular weight is 445 g/mol. The standard InChI is InChI=1S/C20H12ClF3N6O/c21-18-14(4-2-8-26-18)19(31)28-13-5-6-17(27-11-13)30-16(20(22,23)24)9-15(29-30)12-3-1-7-25-10-12/h1-11H,(H,28,31). The quantitative estimate of drug-likeness (QED) is 0.463. The van der Waals surface area contributed by atoms with Gasteiger partial charge in [-0.05, 0) is 42.5 Å². The Morgan fingerprint density at radius 2 is 1.84 bits per heavy atom. The number of aromatic nitrogens is 5. The van der Waals surface area contributed by atoms with Crippen molar-refractivity contribution >= 4 is 23.2 Å². The summed E-state index contributed by atoms with van der Waals surface area (Å²) in [5.74, 6) is -0.596. The van der Waals surface area contributed by atoms with Crippen LogP contribution in [0.2, 0.25) is 5.15 Å². The summed E-state index contributed by atoms with van der Waals surface area (Å²) in [7, 11) is 0. The molecule has 0 aliphatic heterocycles. The van der Waals surface area contributed by atoms with Crippen LogP contribution in [0.5, 0.6) is 0 Å². The maximum Gasteiger partial charge on any atom is 0.433 e. The lowest BCUT2D eigenvalue weighted by Crippen LogP contribution is -2.15. The summed E-state index contributed by atoms with van der Waals surface area (Å²) >= 11 is 5.89. The molecular weight excluding hydrogens is 433 g/mol. The Kier molecular flexibility index (Phi) is 5.38. The number of carbonyl (C=O) groups excluding carboxylic acids is 1. The zero-order valence-corrected chi connectivity index (χ0v) is 16.3. The summed E-state index contributed by atoms with van der Waals surface area (Å²) in [5.41, 5.74) is -0.0322. The molecule has 0 spiro atoms. The van der Waals surface area contributed by atoms with Crippen LogP contribution in [0.15, 0.2) is 67.3 Å². The Morgan fingerprint density at radius 3 is 2.48 bits per heavy atom. The first-order valence-corrected chi connectivity index (χ1v) is 9.16. The van der Waals surface area contributed by atoms with Gasteiger partial charge < -0.3 is 5.32 Å². The van der Waals surface area contributed by atoms with Crippen LogP contribution in [0.4, 0.5) is 18.9 Å². The number of hydrogen-bond donors (Lipinski definition) is 1. The van der Waals surface area contributed by atoms with E-state index in [0.717, 1.165) is 6.07 Å². The molecule has 4 aromatic rings. The molecule has 1 amide bonds. The molecule has 11 heteroatoms. The molecule has 0 aliphatic rings. The van der Waals surface area contributed by atoms with Crippen molar-refractivity contribution in [1.29, 1.82) is 0 Å². The Balaban J connectivity index is 1.64. The minimum absolute atomic E-state index is 0.0267. The summed E-state index contributed by atoms with van der Waals surface area (Å²) in [4.78, 5) is 24.0. The van der Waals surface area contributed by atoms with Crippen LogP contribution in [-0.2, 0) is 6.18 Å². The van der Waals surface area contributed by atoms with E-state index in [9.17, 15) is 18.0 Å². The number of anilines is 1. The number of halogens is 4. The van der Waals surface area contributed by atoms with E-state index in [4.69, 9.17) is 11.6 Å². The molecule has 0 aromatic carbocycles. The molecule has 31 heavy (non-hydrogen) atoms. The number of hydrogen-bond acceptors (Lipinski definition) is 5. The van der Waals surface area contributed by atoms with Crippen LogP contribution in [0.3, 0.4) is 0 Å². The van der Waals surface area contributed by atoms with Crippen LogP contribution in [0.25, 0.3) is 17.1 Å². The minimum atomic E-state index is -4.65. The molecule has 0 bridgehead atoms. The Morgan fingerprint density at radius 1 is 1.03 bits per heavy atom. The number of alkyl halides is 3. The van der Waals surface area contributed by atoms with Gasteiger partial charge >= 0.3 is 6.18 Å². The first kappa shape index (κ1) is 20.5. The van der Waals surface area contributed by atoms with E-state index in [1.807, 2.05) is 0 Å². The van der Waals surface area contributed by atoms with Crippen LogP contribution >= 0.6 is 11.6 Å². The van der Waals surface area contributed by atoms with Gasteiger partial charge in [-0.2, -0.15) is 18.3 Å². The van der Waals surface area contributed by atoms with Crippen molar-refractivity contribution in [3.63, 3.8) is 0 Å². The molecular formula is C20H12ClF3N6O. The molecule has 0 saturated carbocycles. The molecule has 0 fully saturated rings. The summed E-state index contributed by atoms with van der Waals surface area (Å²) in [6.07, 6.45) is 0.945. The van der Waals surface area contributed by atoms with Crippen molar-refractivity contribution in [3.05, 3.63) is 83.7 Å². The fourth-order valence-corrected chi connectivity index (χ4v) is 2.96. The van der Waals surface area contributed by atoms with E-state index in [1.54, 1.807) is 18.2 Å². The van der Waals surface area contributed by atoms with Crippen molar-refractivity contribution in [3.8, 4) is 17.1 Å². The Hall–Kier alpha value is -3.79. The third kappa shape index (κ3) is 4.38. The molecule has 156 valence electrons. The fourth-order valence-electron chi connectivity index (χ4n) is 2.75. The fraction of sp³-hybridized carbons (Fsp3) is 0.0500. The highest BCUT2D eigenvalue weighted by Crippen LogP contribution is 2.33. The lowest BCUT2D eigenvalue weighted by Gasteiger charge is -2.10.